The molecule has 4 aromatic rings. The minimum Gasteiger partial charge on any atom is -0.369 e. The number of hydrogen-bond donors (Lipinski definition) is 1. The van der Waals surface area contributed by atoms with Gasteiger partial charge in [-0.1, -0.05) is 69.6 Å². The van der Waals surface area contributed by atoms with E-state index in [0.717, 1.165) is 16.7 Å². The number of aliphatic imine (C=N–C) groups is 1. The van der Waals surface area contributed by atoms with E-state index < -0.39 is 5.54 Å². The summed E-state index contributed by atoms with van der Waals surface area (Å²) in [5, 5.41) is 4.74. The molecule has 2 aromatic heterocycles. The van der Waals surface area contributed by atoms with E-state index in [1.807, 2.05) is 43.3 Å². The molecule has 0 radical (unpaired) electrons. The second-order valence-corrected chi connectivity index (χ2v) is 11.3. The fraction of sp³-hybridized carbons (Fsp3) is 0.310. The summed E-state index contributed by atoms with van der Waals surface area (Å²) in [6.07, 6.45) is 7.55. The van der Waals surface area contributed by atoms with Crippen molar-refractivity contribution in [3.05, 3.63) is 89.7 Å². The number of nitrogens with zero attached hydrogens (tertiary/aromatic N) is 7. The fourth-order valence-corrected chi connectivity index (χ4v) is 5.43. The molecule has 2 atom stereocenters. The van der Waals surface area contributed by atoms with Gasteiger partial charge in [-0.15, -0.1) is 0 Å². The number of guanidine groups is 1. The van der Waals surface area contributed by atoms with Gasteiger partial charge in [-0.25, -0.2) is 24.6 Å². The van der Waals surface area contributed by atoms with Crippen molar-refractivity contribution >= 4 is 23.5 Å². The Hall–Kier alpha value is -4.11. The molecule has 1 aliphatic heterocycles. The summed E-state index contributed by atoms with van der Waals surface area (Å²) in [4.78, 5) is 33.7. The Morgan fingerprint density at radius 2 is 1.79 bits per heavy atom. The second kappa shape index (κ2) is 10.2. The number of hydrogen-bond acceptors (Lipinski definition) is 7. The van der Waals surface area contributed by atoms with Crippen molar-refractivity contribution in [3.8, 4) is 17.1 Å². The minimum absolute atomic E-state index is 0.150. The molecular formula is C29H31ClN8O. The highest BCUT2D eigenvalue weighted by Crippen LogP contribution is 2.45. The number of carbonyl (C=O) groups excluding carboxylic acids is 1. The predicted octanol–water partition coefficient (Wildman–Crippen LogP) is 5.32. The largest absolute Gasteiger partial charge is 0.369 e. The van der Waals surface area contributed by atoms with Crippen molar-refractivity contribution in [3.63, 3.8) is 0 Å². The third-order valence-corrected chi connectivity index (χ3v) is 7.14. The maximum atomic E-state index is 14.5. The number of rotatable bonds is 7. The summed E-state index contributed by atoms with van der Waals surface area (Å²) in [6.45, 7) is 8.32. The van der Waals surface area contributed by atoms with E-state index in [0.29, 0.717) is 29.4 Å². The quantitative estimate of drug-likeness (QED) is 0.338. The number of halogens is 1. The fourth-order valence-electron chi connectivity index (χ4n) is 5.23. The van der Waals surface area contributed by atoms with Gasteiger partial charge in [0, 0.05) is 18.0 Å². The molecule has 2 aromatic carbocycles. The lowest BCUT2D eigenvalue weighted by molar-refractivity contribution is -0.134. The number of nitrogens with two attached hydrogens (primary N) is 1. The van der Waals surface area contributed by atoms with Crippen LogP contribution in [0.3, 0.4) is 0 Å². The van der Waals surface area contributed by atoms with Crippen molar-refractivity contribution in [2.24, 2.45) is 16.1 Å². The zero-order chi connectivity index (χ0) is 27.8. The molecule has 0 aliphatic carbocycles. The highest BCUT2D eigenvalue weighted by atomic mass is 35.5. The molecule has 0 fully saturated rings. The predicted molar refractivity (Wildman–Crippen MR) is 151 cm³/mol. The van der Waals surface area contributed by atoms with Gasteiger partial charge < -0.3 is 5.73 Å². The molecule has 9 nitrogen and oxygen atoms in total. The van der Waals surface area contributed by atoms with Crippen LogP contribution in [-0.4, -0.2) is 41.5 Å². The Labute approximate surface area is 232 Å². The van der Waals surface area contributed by atoms with Crippen molar-refractivity contribution < 1.29 is 4.79 Å². The van der Waals surface area contributed by atoms with Gasteiger partial charge in [0.2, 0.25) is 0 Å². The van der Waals surface area contributed by atoms with Crippen molar-refractivity contribution in [1.82, 2.24) is 29.6 Å². The highest BCUT2D eigenvalue weighted by Gasteiger charge is 2.52. The van der Waals surface area contributed by atoms with Crippen molar-refractivity contribution in [2.75, 3.05) is 0 Å². The van der Waals surface area contributed by atoms with Gasteiger partial charge in [0.05, 0.1) is 16.8 Å². The first-order valence-electron chi connectivity index (χ1n) is 12.8. The summed E-state index contributed by atoms with van der Waals surface area (Å²) < 4.78 is 1.60. The van der Waals surface area contributed by atoms with Crippen LogP contribution < -0.4 is 5.73 Å². The van der Waals surface area contributed by atoms with Crippen LogP contribution in [0.5, 0.6) is 0 Å². The average molecular weight is 543 g/mol. The number of amides is 1. The van der Waals surface area contributed by atoms with Gasteiger partial charge in [-0.3, -0.25) is 9.69 Å². The van der Waals surface area contributed by atoms with Crippen LogP contribution in [0.1, 0.15) is 57.7 Å². The summed E-state index contributed by atoms with van der Waals surface area (Å²) in [6, 6.07) is 14.8. The molecule has 200 valence electrons. The first-order valence-corrected chi connectivity index (χ1v) is 13.2. The Kier molecular flexibility index (Phi) is 6.94. The van der Waals surface area contributed by atoms with Crippen LogP contribution in [0.15, 0.2) is 78.6 Å². The van der Waals surface area contributed by atoms with Gasteiger partial charge in [0.25, 0.3) is 5.91 Å². The Morgan fingerprint density at radius 1 is 1.08 bits per heavy atom. The van der Waals surface area contributed by atoms with E-state index in [1.165, 1.54) is 6.33 Å². The molecule has 0 spiro atoms. The molecule has 0 saturated heterocycles. The van der Waals surface area contributed by atoms with E-state index in [1.54, 1.807) is 40.4 Å². The molecule has 1 aliphatic rings. The second-order valence-electron chi connectivity index (χ2n) is 10.9. The number of carbonyl (C=O) groups is 1. The number of benzene rings is 2. The van der Waals surface area contributed by atoms with Gasteiger partial charge >= 0.3 is 0 Å². The van der Waals surface area contributed by atoms with Crippen LogP contribution >= 0.6 is 11.6 Å². The maximum Gasteiger partial charge on any atom is 0.262 e. The monoisotopic (exact) mass is 542 g/mol. The van der Waals surface area contributed by atoms with E-state index in [-0.39, 0.29) is 23.3 Å². The zero-order valence-corrected chi connectivity index (χ0v) is 23.2. The molecular weight excluding hydrogens is 512 g/mol. The molecule has 10 heteroatoms. The average Bonchev–Trinajstić information content (AvgIpc) is 3.53. The van der Waals surface area contributed by atoms with E-state index in [9.17, 15) is 4.79 Å². The smallest absolute Gasteiger partial charge is 0.262 e. The molecule has 3 heterocycles. The summed E-state index contributed by atoms with van der Waals surface area (Å²) in [7, 11) is 0. The molecule has 0 bridgehead atoms. The first kappa shape index (κ1) is 26.5. The molecule has 2 N–H and O–H groups in total. The lowest BCUT2D eigenvalue weighted by atomic mass is 9.75. The van der Waals surface area contributed by atoms with Gasteiger partial charge in [-0.05, 0) is 47.6 Å². The van der Waals surface area contributed by atoms with E-state index >= 15 is 0 Å². The van der Waals surface area contributed by atoms with Crippen LogP contribution in [0, 0.1) is 5.41 Å². The summed E-state index contributed by atoms with van der Waals surface area (Å²) >= 11 is 6.48. The zero-order valence-electron chi connectivity index (χ0n) is 22.4. The minimum atomic E-state index is -1.16. The lowest BCUT2D eigenvalue weighted by Gasteiger charge is -2.34. The Morgan fingerprint density at radius 3 is 2.41 bits per heavy atom. The molecule has 5 rings (SSSR count). The van der Waals surface area contributed by atoms with Crippen LogP contribution in [0.4, 0.5) is 0 Å². The normalized spacial score (nSPS) is 18.3. The summed E-state index contributed by atoms with van der Waals surface area (Å²) in [5.74, 6) is 0.667. The van der Waals surface area contributed by atoms with E-state index in [4.69, 9.17) is 22.3 Å². The summed E-state index contributed by atoms with van der Waals surface area (Å²) in [5.41, 5.74) is 8.40. The van der Waals surface area contributed by atoms with Crippen LogP contribution in [0.2, 0.25) is 5.02 Å². The van der Waals surface area contributed by atoms with Gasteiger partial charge in [0.1, 0.15) is 12.7 Å². The van der Waals surface area contributed by atoms with Gasteiger partial charge in [0.15, 0.2) is 17.3 Å². The highest BCUT2D eigenvalue weighted by molar-refractivity contribution is 6.32. The van der Waals surface area contributed by atoms with Crippen molar-refractivity contribution in [1.29, 1.82) is 0 Å². The molecule has 39 heavy (non-hydrogen) atoms. The van der Waals surface area contributed by atoms with Gasteiger partial charge in [-0.2, -0.15) is 5.10 Å². The molecule has 0 saturated carbocycles. The van der Waals surface area contributed by atoms with Crippen LogP contribution in [0.25, 0.3) is 17.1 Å². The first-order chi connectivity index (χ1) is 18.6. The topological polar surface area (TPSA) is 115 Å². The van der Waals surface area contributed by atoms with Crippen molar-refractivity contribution in [2.45, 2.75) is 52.1 Å². The van der Waals surface area contributed by atoms with E-state index in [2.05, 4.69) is 40.8 Å². The third-order valence-electron chi connectivity index (χ3n) is 6.82. The lowest BCUT2D eigenvalue weighted by Crippen LogP contribution is -2.46. The number of aromatic nitrogens is 5. The third kappa shape index (κ3) is 5.02. The van der Waals surface area contributed by atoms with Crippen LogP contribution in [-0.2, 0) is 10.3 Å². The molecule has 0 unspecified atom stereocenters. The SMILES string of the molecule is CC[C@H](c1ccc(Cl)c(-n2cncn2)c1)N1C(=O)[C@@](CC(C)(C)C)(c2ccc(-c3ncccn3)cc2)N=C1N. The standard InChI is InChI=1S/C29H31ClN8O/c1-5-23(20-9-12-22(30)24(15-20)37-18-32-17-35-37)38-26(39)29(36-27(38)31,16-28(2,3)4)21-10-7-19(8-11-21)25-33-13-6-14-34-25/h6-15,17-18,23H,5,16H2,1-4H3,(H2,31,36)/t23-,29-/m1/s1. The maximum absolute atomic E-state index is 14.5. The molecule has 1 amide bonds. The Bertz CT molecular complexity index is 1500. The Balaban J connectivity index is 1.55.